The molecule has 2 aromatic carbocycles. The van der Waals surface area contributed by atoms with Crippen molar-refractivity contribution in [2.45, 2.75) is 11.8 Å². The molecule has 0 saturated heterocycles. The highest BCUT2D eigenvalue weighted by Crippen LogP contribution is 2.41. The Hall–Kier alpha value is -2.76. The average Bonchev–Trinajstić information content (AvgIpc) is 3.03. The number of nitrogens with one attached hydrogen (secondary N) is 1. The number of nitrogens with zero attached hydrogens (tertiary/aromatic N) is 1. The summed E-state index contributed by atoms with van der Waals surface area (Å²) in [4.78, 5) is 23.2. The first-order valence-corrected chi connectivity index (χ1v) is 11.5. The minimum absolute atomic E-state index is 0.0729. The topological polar surface area (TPSA) is 116 Å². The third-order valence-corrected chi connectivity index (χ3v) is 7.20. The van der Waals surface area contributed by atoms with Gasteiger partial charge in [-0.15, -0.1) is 11.3 Å². The normalized spacial score (nSPS) is 11.2. The van der Waals surface area contributed by atoms with Crippen LogP contribution in [0, 0.1) is 17.0 Å². The van der Waals surface area contributed by atoms with Crippen LogP contribution in [-0.2, 0) is 14.8 Å². The van der Waals surface area contributed by atoms with E-state index in [0.29, 0.717) is 16.0 Å². The molecule has 0 saturated carbocycles. The van der Waals surface area contributed by atoms with Crippen molar-refractivity contribution >= 4 is 53.9 Å². The molecular weight excluding hydrogens is 496 g/mol. The first-order chi connectivity index (χ1) is 14.1. The zero-order valence-corrected chi connectivity index (χ0v) is 18.9. The predicted octanol–water partition coefficient (Wildman–Crippen LogP) is 4.98. The van der Waals surface area contributed by atoms with E-state index < -0.39 is 20.9 Å². The van der Waals surface area contributed by atoms with Gasteiger partial charge in [-0.05, 0) is 30.7 Å². The number of hydrogen-bond acceptors (Lipinski definition) is 7. The zero-order chi connectivity index (χ0) is 22.1. The van der Waals surface area contributed by atoms with Gasteiger partial charge in [-0.25, -0.2) is 13.2 Å². The molecule has 0 fully saturated rings. The summed E-state index contributed by atoms with van der Waals surface area (Å²) in [5.74, 6) is -0.700. The number of methoxy groups -OCH3 is 1. The van der Waals surface area contributed by atoms with Gasteiger partial charge in [0.15, 0.2) is 0 Å². The van der Waals surface area contributed by atoms with Gasteiger partial charge in [0.2, 0.25) is 0 Å². The van der Waals surface area contributed by atoms with Crippen molar-refractivity contribution in [2.75, 3.05) is 11.8 Å². The molecular formula is C19H15BrN2O6S2. The molecule has 156 valence electrons. The van der Waals surface area contributed by atoms with Gasteiger partial charge in [-0.1, -0.05) is 34.1 Å². The Balaban J connectivity index is 2.11. The van der Waals surface area contributed by atoms with Crippen LogP contribution in [0.2, 0.25) is 0 Å². The number of carbonyl (C=O) groups is 1. The molecule has 3 rings (SSSR count). The second-order valence-corrected chi connectivity index (χ2v) is 9.92. The van der Waals surface area contributed by atoms with Crippen LogP contribution in [-0.4, -0.2) is 26.4 Å². The highest BCUT2D eigenvalue weighted by atomic mass is 79.9. The van der Waals surface area contributed by atoms with Crippen molar-refractivity contribution in [2.24, 2.45) is 0 Å². The zero-order valence-electron chi connectivity index (χ0n) is 15.7. The Morgan fingerprint density at radius 1 is 1.20 bits per heavy atom. The maximum Gasteiger partial charge on any atom is 0.341 e. The molecule has 0 aliphatic carbocycles. The minimum atomic E-state index is -4.19. The van der Waals surface area contributed by atoms with Crippen LogP contribution in [0.4, 0.5) is 10.7 Å². The van der Waals surface area contributed by atoms with E-state index in [2.05, 4.69) is 20.7 Å². The van der Waals surface area contributed by atoms with Crippen LogP contribution in [0.25, 0.3) is 11.1 Å². The number of ether oxygens (including phenoxy) is 1. The van der Waals surface area contributed by atoms with Crippen molar-refractivity contribution in [1.82, 2.24) is 0 Å². The number of hydrogen-bond donors (Lipinski definition) is 1. The van der Waals surface area contributed by atoms with Crippen LogP contribution in [0.3, 0.4) is 0 Å². The molecule has 1 heterocycles. The number of esters is 1. The molecule has 0 unspecified atom stereocenters. The Morgan fingerprint density at radius 3 is 2.47 bits per heavy atom. The number of anilines is 1. The SMILES string of the molecule is COC(=O)c1c(NS(=O)(=O)c2cccc([N+](=O)[O-])c2)sc(C)c1-c1ccc(Br)cc1. The fourth-order valence-corrected chi connectivity index (χ4v) is 5.50. The molecule has 0 radical (unpaired) electrons. The third kappa shape index (κ3) is 4.37. The molecule has 0 spiro atoms. The molecule has 30 heavy (non-hydrogen) atoms. The Kier molecular flexibility index (Phi) is 6.25. The van der Waals surface area contributed by atoms with Crippen LogP contribution >= 0.6 is 27.3 Å². The highest BCUT2D eigenvalue weighted by Gasteiger charge is 2.27. The maximum atomic E-state index is 12.9. The minimum Gasteiger partial charge on any atom is -0.465 e. The summed E-state index contributed by atoms with van der Waals surface area (Å²) < 4.78 is 33.8. The van der Waals surface area contributed by atoms with Gasteiger partial charge >= 0.3 is 5.97 Å². The summed E-state index contributed by atoms with van der Waals surface area (Å²) in [6.07, 6.45) is 0. The van der Waals surface area contributed by atoms with E-state index in [9.17, 15) is 23.3 Å². The van der Waals surface area contributed by atoms with Crippen molar-refractivity contribution < 1.29 is 22.9 Å². The van der Waals surface area contributed by atoms with Crippen LogP contribution in [0.15, 0.2) is 57.9 Å². The second-order valence-electron chi connectivity index (χ2n) is 6.10. The van der Waals surface area contributed by atoms with E-state index in [0.717, 1.165) is 21.9 Å². The van der Waals surface area contributed by atoms with Crippen molar-refractivity contribution in [3.63, 3.8) is 0 Å². The van der Waals surface area contributed by atoms with Gasteiger partial charge in [0.25, 0.3) is 15.7 Å². The lowest BCUT2D eigenvalue weighted by Crippen LogP contribution is -2.15. The molecule has 0 bridgehead atoms. The molecule has 11 heteroatoms. The molecule has 0 amide bonds. The van der Waals surface area contributed by atoms with Gasteiger partial charge in [0, 0.05) is 27.0 Å². The highest BCUT2D eigenvalue weighted by molar-refractivity contribution is 9.10. The standard InChI is InChI=1S/C19H15BrN2O6S2/c1-11-16(12-6-8-13(20)9-7-12)17(19(23)28-2)18(29-11)21-30(26,27)15-5-3-4-14(10-15)22(24)25/h3-10,21H,1-2H3. The summed E-state index contributed by atoms with van der Waals surface area (Å²) in [5.41, 5.74) is 0.990. The van der Waals surface area contributed by atoms with E-state index >= 15 is 0 Å². The number of aryl methyl sites for hydroxylation is 1. The molecule has 1 N–H and O–H groups in total. The van der Waals surface area contributed by atoms with Crippen LogP contribution in [0.5, 0.6) is 0 Å². The second kappa shape index (κ2) is 8.54. The Bertz CT molecular complexity index is 1240. The van der Waals surface area contributed by atoms with E-state index in [1.165, 1.54) is 25.3 Å². The number of non-ortho nitro benzene ring substituents is 1. The summed E-state index contributed by atoms with van der Waals surface area (Å²) in [6.45, 7) is 1.76. The van der Waals surface area contributed by atoms with E-state index in [1.54, 1.807) is 31.2 Å². The molecule has 3 aromatic rings. The first-order valence-electron chi connectivity index (χ1n) is 8.39. The number of thiophene rings is 1. The van der Waals surface area contributed by atoms with E-state index in [4.69, 9.17) is 4.74 Å². The predicted molar refractivity (Wildman–Crippen MR) is 117 cm³/mol. The molecule has 0 atom stereocenters. The summed E-state index contributed by atoms with van der Waals surface area (Å²) in [6, 6.07) is 11.9. The largest absolute Gasteiger partial charge is 0.465 e. The van der Waals surface area contributed by atoms with E-state index in [1.807, 2.05) is 0 Å². The fraction of sp³-hybridized carbons (Fsp3) is 0.105. The fourth-order valence-electron chi connectivity index (χ4n) is 2.82. The van der Waals surface area contributed by atoms with Crippen LogP contribution < -0.4 is 4.72 Å². The summed E-state index contributed by atoms with van der Waals surface area (Å²) in [7, 11) is -2.98. The first kappa shape index (κ1) is 21.9. The van der Waals surface area contributed by atoms with Crippen molar-refractivity contribution in [3.8, 4) is 11.1 Å². The molecule has 8 nitrogen and oxygen atoms in total. The number of nitro benzene ring substituents is 1. The van der Waals surface area contributed by atoms with Gasteiger partial charge in [-0.2, -0.15) is 0 Å². The Morgan fingerprint density at radius 2 is 1.87 bits per heavy atom. The number of nitro groups is 1. The van der Waals surface area contributed by atoms with Crippen molar-refractivity contribution in [3.05, 3.63) is 73.6 Å². The molecule has 0 aliphatic heterocycles. The monoisotopic (exact) mass is 510 g/mol. The number of halogens is 1. The lowest BCUT2D eigenvalue weighted by Gasteiger charge is -2.10. The van der Waals surface area contributed by atoms with Crippen LogP contribution in [0.1, 0.15) is 15.2 Å². The average molecular weight is 511 g/mol. The number of benzene rings is 2. The third-order valence-electron chi connectivity index (χ3n) is 4.17. The maximum absolute atomic E-state index is 12.9. The smallest absolute Gasteiger partial charge is 0.341 e. The quantitative estimate of drug-likeness (QED) is 0.284. The summed E-state index contributed by atoms with van der Waals surface area (Å²) >= 11 is 4.43. The lowest BCUT2D eigenvalue weighted by atomic mass is 10.0. The van der Waals surface area contributed by atoms with E-state index in [-0.39, 0.29) is 21.1 Å². The van der Waals surface area contributed by atoms with Gasteiger partial charge in [0.1, 0.15) is 10.6 Å². The van der Waals surface area contributed by atoms with Gasteiger partial charge in [-0.3, -0.25) is 14.8 Å². The molecule has 0 aliphatic rings. The number of carbonyl (C=O) groups excluding carboxylic acids is 1. The Labute approximate surface area is 184 Å². The van der Waals surface area contributed by atoms with Crippen molar-refractivity contribution in [1.29, 1.82) is 0 Å². The lowest BCUT2D eigenvalue weighted by molar-refractivity contribution is -0.385. The number of rotatable bonds is 6. The van der Waals surface area contributed by atoms with Gasteiger partial charge in [0.05, 0.1) is 16.9 Å². The summed E-state index contributed by atoms with van der Waals surface area (Å²) in [5, 5.41) is 11.1. The molecule has 1 aromatic heterocycles. The number of sulfonamides is 1. The van der Waals surface area contributed by atoms with Gasteiger partial charge < -0.3 is 4.74 Å².